The third kappa shape index (κ3) is 4.34. The van der Waals surface area contributed by atoms with Crippen LogP contribution in [0.15, 0.2) is 12.1 Å². The van der Waals surface area contributed by atoms with E-state index >= 15 is 0 Å². The maximum Gasteiger partial charge on any atom is 0.460 e. The minimum Gasteiger partial charge on any atom is -0.421 e. The number of aryl methyl sites for hydroxylation is 2. The summed E-state index contributed by atoms with van der Waals surface area (Å²) in [4.78, 5) is 11.6. The molecule has 0 atom stereocenters. The van der Waals surface area contributed by atoms with Gasteiger partial charge >= 0.3 is 53.6 Å². The van der Waals surface area contributed by atoms with E-state index in [-0.39, 0.29) is 16.7 Å². The number of carbonyl (C=O) groups excluding carboxylic acids is 1. The van der Waals surface area contributed by atoms with E-state index < -0.39 is 59.4 Å². The van der Waals surface area contributed by atoms with Crippen LogP contribution in [-0.4, -0.2) is 53.6 Å². The summed E-state index contributed by atoms with van der Waals surface area (Å²) >= 11 is 0. The molecule has 0 aromatic heterocycles. The van der Waals surface area contributed by atoms with Gasteiger partial charge < -0.3 is 4.74 Å². The maximum atomic E-state index is 14.0. The highest BCUT2D eigenvalue weighted by atomic mass is 19.4. The van der Waals surface area contributed by atoms with Gasteiger partial charge in [-0.1, -0.05) is 12.1 Å². The van der Waals surface area contributed by atoms with Gasteiger partial charge in [0.15, 0.2) is 0 Å². The van der Waals surface area contributed by atoms with Crippen molar-refractivity contribution >= 4 is 5.97 Å². The smallest absolute Gasteiger partial charge is 0.421 e. The Morgan fingerprint density at radius 2 is 0.865 bits per heavy atom. The number of hydrogen-bond acceptors (Lipinski definition) is 2. The van der Waals surface area contributed by atoms with Crippen molar-refractivity contribution in [2.75, 3.05) is 0 Å². The molecule has 0 radical (unpaired) electrons. The lowest BCUT2D eigenvalue weighted by Crippen LogP contribution is -2.75. The van der Waals surface area contributed by atoms with Crippen molar-refractivity contribution in [3.8, 4) is 5.75 Å². The lowest BCUT2D eigenvalue weighted by atomic mass is 9.89. The molecular weight excluding hydrogens is 571 g/mol. The van der Waals surface area contributed by atoms with Gasteiger partial charge in [0.05, 0.1) is 0 Å². The first-order chi connectivity index (χ1) is 16.0. The van der Waals surface area contributed by atoms with Gasteiger partial charge in [0, 0.05) is 0 Å². The van der Waals surface area contributed by atoms with Gasteiger partial charge in [-0.3, -0.25) is 0 Å². The molecule has 0 aliphatic rings. The molecule has 1 rings (SSSR count). The van der Waals surface area contributed by atoms with Crippen molar-refractivity contribution in [1.29, 1.82) is 0 Å². The van der Waals surface area contributed by atoms with Gasteiger partial charge in [0.1, 0.15) is 5.75 Å². The molecule has 0 aliphatic heterocycles. The molecule has 0 fully saturated rings. The first-order valence-corrected chi connectivity index (χ1v) is 8.99. The molecule has 0 unspecified atom stereocenters. The maximum absolute atomic E-state index is 14.0. The summed E-state index contributed by atoms with van der Waals surface area (Å²) in [5, 5.41) is 0. The molecule has 0 saturated heterocycles. The van der Waals surface area contributed by atoms with Crippen LogP contribution in [0.25, 0.3) is 0 Å². The lowest BCUT2D eigenvalue weighted by molar-refractivity contribution is -0.459. The molecule has 37 heavy (non-hydrogen) atoms. The third-order valence-corrected chi connectivity index (χ3v) is 5.05. The number of esters is 1. The first kappa shape index (κ1) is 32.5. The van der Waals surface area contributed by atoms with E-state index in [0.29, 0.717) is 0 Å². The SMILES string of the molecule is Cc1ccc(C)c(OC(=O)C(F)(F)C(F)(F)C(F)(F)C(F)(F)C(F)(F)C(F)(F)C(F)(F)C(F)(F)F)c1C. The summed E-state index contributed by atoms with van der Waals surface area (Å²) in [6.07, 6.45) is -7.84. The Hall–Kier alpha value is -2.50. The summed E-state index contributed by atoms with van der Waals surface area (Å²) in [7, 11) is 0. The monoisotopic (exact) mass is 582 g/mol. The predicted molar refractivity (Wildman–Crippen MR) is 87.0 cm³/mol. The highest BCUT2D eigenvalue weighted by molar-refractivity contribution is 5.82. The van der Waals surface area contributed by atoms with Crippen LogP contribution in [0.3, 0.4) is 0 Å². The highest BCUT2D eigenvalue weighted by Gasteiger charge is 2.96. The Kier molecular flexibility index (Phi) is 7.71. The van der Waals surface area contributed by atoms with Crippen molar-refractivity contribution in [3.63, 3.8) is 0 Å². The highest BCUT2D eigenvalue weighted by Crippen LogP contribution is 2.64. The fraction of sp³-hybridized carbons (Fsp3) is 0.611. The van der Waals surface area contributed by atoms with E-state index in [1.807, 2.05) is 0 Å². The minimum atomic E-state index is -8.77. The van der Waals surface area contributed by atoms with Gasteiger partial charge in [-0.15, -0.1) is 0 Å². The van der Waals surface area contributed by atoms with Gasteiger partial charge in [-0.2, -0.15) is 74.6 Å². The van der Waals surface area contributed by atoms with E-state index in [2.05, 4.69) is 4.74 Å². The summed E-state index contributed by atoms with van der Waals surface area (Å²) in [5.41, 5.74) is -0.522. The van der Waals surface area contributed by atoms with E-state index in [1.54, 1.807) is 0 Å². The first-order valence-electron chi connectivity index (χ1n) is 8.99. The Morgan fingerprint density at radius 3 is 1.24 bits per heavy atom. The molecule has 19 heteroatoms. The molecular formula is C18H11F17O2. The van der Waals surface area contributed by atoms with Gasteiger partial charge in [-0.05, 0) is 37.5 Å². The number of carbonyl (C=O) groups is 1. The fourth-order valence-electron chi connectivity index (χ4n) is 2.53. The second-order valence-electron chi connectivity index (χ2n) is 7.56. The molecule has 1 aromatic carbocycles. The summed E-state index contributed by atoms with van der Waals surface area (Å²) < 4.78 is 229. The quantitative estimate of drug-likeness (QED) is 0.180. The summed E-state index contributed by atoms with van der Waals surface area (Å²) in [5.74, 6) is -63.2. The van der Waals surface area contributed by atoms with Crippen LogP contribution in [-0.2, 0) is 4.79 Å². The van der Waals surface area contributed by atoms with Crippen LogP contribution in [0.5, 0.6) is 5.75 Å². The molecule has 0 N–H and O–H groups in total. The summed E-state index contributed by atoms with van der Waals surface area (Å²) in [6.45, 7) is 3.18. The van der Waals surface area contributed by atoms with Crippen LogP contribution in [0.1, 0.15) is 16.7 Å². The number of benzene rings is 1. The molecule has 0 saturated carbocycles. The number of rotatable bonds is 8. The molecule has 1 aromatic rings. The standard InChI is InChI=1S/C18H11F17O2/c1-6-4-5-7(2)9(8(6)3)37-10(36)11(19,20)12(21,22)13(23,24)14(25,26)15(27,28)16(29,30)17(31,32)18(33,34)35/h4-5H,1-3H3. The number of ether oxygens (including phenoxy) is 1. The van der Waals surface area contributed by atoms with Gasteiger partial charge in [0.2, 0.25) is 0 Å². The van der Waals surface area contributed by atoms with E-state index in [0.717, 1.165) is 19.9 Å². The molecule has 0 aliphatic carbocycles. The van der Waals surface area contributed by atoms with Crippen LogP contribution >= 0.6 is 0 Å². The van der Waals surface area contributed by atoms with Crippen molar-refractivity contribution < 1.29 is 84.2 Å². The second kappa shape index (κ2) is 8.78. The van der Waals surface area contributed by atoms with Crippen LogP contribution in [0.2, 0.25) is 0 Å². The van der Waals surface area contributed by atoms with E-state index in [1.165, 1.54) is 13.0 Å². The predicted octanol–water partition coefficient (Wildman–Crippen LogP) is 7.53. The average Bonchev–Trinajstić information content (AvgIpc) is 2.71. The van der Waals surface area contributed by atoms with Crippen LogP contribution < -0.4 is 4.74 Å². The van der Waals surface area contributed by atoms with E-state index in [4.69, 9.17) is 0 Å². The van der Waals surface area contributed by atoms with E-state index in [9.17, 15) is 79.4 Å². The fourth-order valence-corrected chi connectivity index (χ4v) is 2.53. The number of hydrogen-bond donors (Lipinski definition) is 0. The lowest BCUT2D eigenvalue weighted by Gasteiger charge is -2.42. The molecule has 2 nitrogen and oxygen atoms in total. The normalized spacial score (nSPS) is 15.1. The Bertz CT molecular complexity index is 1040. The van der Waals surface area contributed by atoms with Gasteiger partial charge in [-0.25, -0.2) is 4.79 Å². The molecule has 0 bridgehead atoms. The topological polar surface area (TPSA) is 26.3 Å². The molecule has 0 spiro atoms. The van der Waals surface area contributed by atoms with Crippen molar-refractivity contribution in [1.82, 2.24) is 0 Å². The van der Waals surface area contributed by atoms with Crippen LogP contribution in [0.4, 0.5) is 74.6 Å². The Morgan fingerprint density at radius 1 is 0.541 bits per heavy atom. The summed E-state index contributed by atoms with van der Waals surface area (Å²) in [6, 6.07) is 2.23. The van der Waals surface area contributed by atoms with Crippen molar-refractivity contribution in [2.24, 2.45) is 0 Å². The zero-order chi connectivity index (χ0) is 30.0. The van der Waals surface area contributed by atoms with Gasteiger partial charge in [0.25, 0.3) is 0 Å². The van der Waals surface area contributed by atoms with Crippen molar-refractivity contribution in [3.05, 3.63) is 28.8 Å². The Labute approximate surface area is 194 Å². The third-order valence-electron chi connectivity index (χ3n) is 5.05. The average molecular weight is 582 g/mol. The zero-order valence-corrected chi connectivity index (χ0v) is 17.9. The second-order valence-corrected chi connectivity index (χ2v) is 7.56. The molecule has 0 amide bonds. The van der Waals surface area contributed by atoms with Crippen LogP contribution in [0, 0.1) is 20.8 Å². The minimum absolute atomic E-state index is 0.0906. The zero-order valence-electron chi connectivity index (χ0n) is 17.9. The number of halogens is 17. The largest absolute Gasteiger partial charge is 0.460 e. The Balaban J connectivity index is 3.65. The molecule has 0 heterocycles. The number of alkyl halides is 17. The van der Waals surface area contributed by atoms with Crippen molar-refractivity contribution in [2.45, 2.75) is 68.4 Å². The molecule has 214 valence electrons.